The van der Waals surface area contributed by atoms with Gasteiger partial charge < -0.3 is 24.5 Å². The minimum Gasteiger partial charge on any atom is -0.495 e. The quantitative estimate of drug-likeness (QED) is 0.297. The van der Waals surface area contributed by atoms with Crippen LogP contribution in [0.15, 0.2) is 48.5 Å². The normalized spacial score (nSPS) is 19.5. The van der Waals surface area contributed by atoms with Gasteiger partial charge in [0.05, 0.1) is 36.3 Å². The van der Waals surface area contributed by atoms with Crippen LogP contribution in [0, 0.1) is 11.3 Å². The molecule has 0 unspecified atom stereocenters. The van der Waals surface area contributed by atoms with Gasteiger partial charge in [0.2, 0.25) is 5.91 Å². The predicted molar refractivity (Wildman–Crippen MR) is 155 cm³/mol. The highest BCUT2D eigenvalue weighted by Crippen LogP contribution is 2.38. The number of para-hydroxylation sites is 1. The average molecular weight is 561 g/mol. The lowest BCUT2D eigenvalue weighted by atomic mass is 9.76. The summed E-state index contributed by atoms with van der Waals surface area (Å²) in [7, 11) is 1.61. The molecule has 0 aliphatic carbocycles. The Morgan fingerprint density at radius 2 is 1.70 bits per heavy atom. The number of nitrogens with one attached hydrogen (secondary N) is 2. The summed E-state index contributed by atoms with van der Waals surface area (Å²) in [6, 6.07) is 14.7. The molecule has 40 heavy (non-hydrogen) atoms. The zero-order chi connectivity index (χ0) is 28.3. The van der Waals surface area contributed by atoms with Crippen molar-refractivity contribution >= 4 is 51.0 Å². The van der Waals surface area contributed by atoms with Crippen molar-refractivity contribution in [2.24, 2.45) is 11.3 Å². The largest absolute Gasteiger partial charge is 0.495 e. The Morgan fingerprint density at radius 3 is 2.40 bits per heavy atom. The maximum Gasteiger partial charge on any atom is 0.270 e. The van der Waals surface area contributed by atoms with Gasteiger partial charge in [0, 0.05) is 40.8 Å². The number of carbonyl (C=O) groups excluding carboxylic acids is 3. The average Bonchev–Trinajstić information content (AvgIpc) is 3.71. The van der Waals surface area contributed by atoms with Crippen LogP contribution in [0.2, 0.25) is 5.02 Å². The molecule has 2 N–H and O–H groups in total. The molecule has 2 aromatic heterocycles. The van der Waals surface area contributed by atoms with E-state index in [0.29, 0.717) is 35.2 Å². The zero-order valence-corrected chi connectivity index (χ0v) is 23.8. The highest BCUT2D eigenvalue weighted by atomic mass is 35.5. The molecule has 8 nitrogen and oxygen atoms in total. The van der Waals surface area contributed by atoms with Gasteiger partial charge in [-0.3, -0.25) is 14.4 Å². The predicted octanol–water partition coefficient (Wildman–Crippen LogP) is 5.67. The van der Waals surface area contributed by atoms with Gasteiger partial charge in [0.15, 0.2) is 5.78 Å². The third kappa shape index (κ3) is 4.54. The summed E-state index contributed by atoms with van der Waals surface area (Å²) in [6.07, 6.45) is 0.852. The van der Waals surface area contributed by atoms with Crippen LogP contribution in [0.3, 0.4) is 0 Å². The number of benzene rings is 2. The van der Waals surface area contributed by atoms with E-state index in [1.54, 1.807) is 19.2 Å². The summed E-state index contributed by atoms with van der Waals surface area (Å²) < 4.78 is 5.43. The molecule has 0 radical (unpaired) electrons. The first kappa shape index (κ1) is 26.4. The summed E-state index contributed by atoms with van der Waals surface area (Å²) in [5.41, 5.74) is 2.18. The number of aromatic amines is 2. The number of ether oxygens (including phenoxy) is 1. The second kappa shape index (κ2) is 9.70. The number of H-pyrrole nitrogens is 2. The Bertz CT molecular complexity index is 1650. The number of methoxy groups -OCH3 is 1. The highest BCUT2D eigenvalue weighted by molar-refractivity contribution is 6.31. The van der Waals surface area contributed by atoms with E-state index in [2.05, 4.69) is 9.97 Å². The molecule has 2 fully saturated rings. The fourth-order valence-electron chi connectivity index (χ4n) is 6.26. The minimum absolute atomic E-state index is 0.0186. The lowest BCUT2D eigenvalue weighted by molar-refractivity contribution is -0.141. The molecule has 0 spiro atoms. The summed E-state index contributed by atoms with van der Waals surface area (Å²) >= 11 is 6.11. The molecule has 0 saturated carbocycles. The van der Waals surface area contributed by atoms with Gasteiger partial charge in [-0.2, -0.15) is 0 Å². The Morgan fingerprint density at radius 1 is 0.975 bits per heavy atom. The van der Waals surface area contributed by atoms with E-state index in [1.165, 1.54) is 0 Å². The Kier molecular flexibility index (Phi) is 6.41. The Hall–Kier alpha value is -3.78. The number of halogens is 1. The Labute approximate surface area is 237 Å². The third-order valence-corrected chi connectivity index (χ3v) is 8.71. The number of piperazine rings is 1. The number of nitrogens with zero attached hydrogens (tertiary/aromatic N) is 2. The van der Waals surface area contributed by atoms with E-state index >= 15 is 0 Å². The van der Waals surface area contributed by atoms with Crippen molar-refractivity contribution in [2.45, 2.75) is 45.7 Å². The van der Waals surface area contributed by atoms with E-state index in [4.69, 9.17) is 16.3 Å². The molecule has 3 atom stereocenters. The van der Waals surface area contributed by atoms with Gasteiger partial charge in [0.1, 0.15) is 11.4 Å². The SMILES string of the molecule is COc1cccc2cc(C(=O)N3C[C@@H]4C[C@H]3CN4C(=O)[C@@H](CC(=O)c3cc4ccc(Cl)cc4[nH]3)C(C)(C)C)[nH]c12. The second-order valence-corrected chi connectivity index (χ2v) is 12.5. The van der Waals surface area contributed by atoms with Crippen LogP contribution in [0.5, 0.6) is 5.75 Å². The highest BCUT2D eigenvalue weighted by Gasteiger charge is 2.50. The Balaban J connectivity index is 1.17. The van der Waals surface area contributed by atoms with Crippen molar-refractivity contribution in [2.75, 3.05) is 20.2 Å². The summed E-state index contributed by atoms with van der Waals surface area (Å²) in [4.78, 5) is 50.9. The van der Waals surface area contributed by atoms with Crippen molar-refractivity contribution < 1.29 is 19.1 Å². The maximum absolute atomic E-state index is 13.9. The van der Waals surface area contributed by atoms with Gasteiger partial charge in [-0.15, -0.1) is 0 Å². The van der Waals surface area contributed by atoms with Crippen LogP contribution in [0.25, 0.3) is 21.8 Å². The van der Waals surface area contributed by atoms with Crippen LogP contribution in [-0.4, -0.2) is 69.6 Å². The maximum atomic E-state index is 13.9. The van der Waals surface area contributed by atoms with E-state index in [1.807, 2.05) is 67.0 Å². The van der Waals surface area contributed by atoms with E-state index in [0.717, 1.165) is 28.2 Å². The standard InChI is InChI=1S/C31H33ClN4O4/c1-31(2,3)22(14-26(37)24-10-17-8-9-19(32)12-23(17)33-24)29(38)35-15-21-13-20(35)16-36(21)30(39)25-11-18-6-5-7-27(40-4)28(18)34-25/h5-12,20-22,33-34H,13-16H2,1-4H3/t20-,21-,22+/m0/s1. The number of rotatable bonds is 6. The smallest absolute Gasteiger partial charge is 0.270 e. The van der Waals surface area contributed by atoms with Crippen molar-refractivity contribution in [3.8, 4) is 5.75 Å². The fraction of sp³-hybridized carbons (Fsp3) is 0.387. The number of likely N-dealkylation sites (tertiary alicyclic amines) is 2. The zero-order valence-electron chi connectivity index (χ0n) is 23.1. The number of ketones is 1. The first-order chi connectivity index (χ1) is 19.0. The molecule has 2 aromatic carbocycles. The van der Waals surface area contributed by atoms with Gasteiger partial charge >= 0.3 is 0 Å². The van der Waals surface area contributed by atoms with Crippen molar-refractivity contribution in [3.63, 3.8) is 0 Å². The molecular weight excluding hydrogens is 528 g/mol. The summed E-state index contributed by atoms with van der Waals surface area (Å²) in [5.74, 6) is 0.0141. The number of hydrogen-bond acceptors (Lipinski definition) is 4. The number of Topliss-reactive ketones (excluding diaryl/α,β-unsaturated/α-hetero) is 1. The lowest BCUT2D eigenvalue weighted by Gasteiger charge is -2.39. The molecule has 2 bridgehead atoms. The number of amides is 2. The number of fused-ring (bicyclic) bond motifs is 4. The molecule has 2 aliphatic heterocycles. The second-order valence-electron chi connectivity index (χ2n) is 12.1. The molecule has 208 valence electrons. The first-order valence-electron chi connectivity index (χ1n) is 13.6. The topological polar surface area (TPSA) is 98.5 Å². The van der Waals surface area contributed by atoms with E-state index in [9.17, 15) is 14.4 Å². The van der Waals surface area contributed by atoms with Crippen molar-refractivity contribution in [1.29, 1.82) is 0 Å². The van der Waals surface area contributed by atoms with Crippen LogP contribution in [-0.2, 0) is 4.79 Å². The molecular formula is C31H33ClN4O4. The van der Waals surface area contributed by atoms with E-state index < -0.39 is 11.3 Å². The van der Waals surface area contributed by atoms with Gasteiger partial charge in [-0.25, -0.2) is 0 Å². The summed E-state index contributed by atoms with van der Waals surface area (Å²) in [6.45, 7) is 6.96. The first-order valence-corrected chi connectivity index (χ1v) is 14.0. The molecule has 4 heterocycles. The minimum atomic E-state index is -0.486. The van der Waals surface area contributed by atoms with Gasteiger partial charge in [0.25, 0.3) is 5.91 Å². The van der Waals surface area contributed by atoms with Crippen LogP contribution in [0.1, 0.15) is 54.6 Å². The molecule has 2 saturated heterocycles. The van der Waals surface area contributed by atoms with Crippen molar-refractivity contribution in [1.82, 2.24) is 19.8 Å². The third-order valence-electron chi connectivity index (χ3n) is 8.47. The number of hydrogen-bond donors (Lipinski definition) is 2. The van der Waals surface area contributed by atoms with Crippen LogP contribution >= 0.6 is 11.6 Å². The van der Waals surface area contributed by atoms with Gasteiger partial charge in [-0.1, -0.05) is 50.6 Å². The molecule has 6 rings (SSSR count). The van der Waals surface area contributed by atoms with Crippen LogP contribution in [0.4, 0.5) is 0 Å². The van der Waals surface area contributed by atoms with Crippen LogP contribution < -0.4 is 4.74 Å². The number of aromatic nitrogens is 2. The molecule has 2 amide bonds. The number of carbonyl (C=O) groups is 3. The molecule has 4 aromatic rings. The molecule has 9 heteroatoms. The summed E-state index contributed by atoms with van der Waals surface area (Å²) in [5, 5.41) is 2.41. The fourth-order valence-corrected chi connectivity index (χ4v) is 6.44. The van der Waals surface area contributed by atoms with Crippen molar-refractivity contribution in [3.05, 3.63) is 64.9 Å². The lowest BCUT2D eigenvalue weighted by Crippen LogP contribution is -2.53. The monoisotopic (exact) mass is 560 g/mol. The van der Waals surface area contributed by atoms with E-state index in [-0.39, 0.29) is 36.1 Å². The van der Waals surface area contributed by atoms with Gasteiger partial charge in [-0.05, 0) is 42.2 Å². The molecule has 2 aliphatic rings.